The molecule has 0 N–H and O–H groups in total. The van der Waals surface area contributed by atoms with Crippen molar-refractivity contribution in [1.82, 2.24) is 0 Å². The molecule has 0 aliphatic heterocycles. The highest BCUT2D eigenvalue weighted by atomic mass is 19.4. The van der Waals surface area contributed by atoms with Gasteiger partial charge >= 0.3 is 47.7 Å². The van der Waals surface area contributed by atoms with E-state index in [2.05, 4.69) is 11.3 Å². The van der Waals surface area contributed by atoms with E-state index >= 15 is 0 Å². The van der Waals surface area contributed by atoms with Crippen LogP contribution in [0.4, 0.5) is 57.1 Å². The molecular weight excluding hydrogens is 627 g/mol. The Morgan fingerprint density at radius 2 is 1.07 bits per heavy atom. The predicted molar refractivity (Wildman–Crippen MR) is 119 cm³/mol. The van der Waals surface area contributed by atoms with Gasteiger partial charge < -0.3 is 14.2 Å². The number of halogens is 13. The lowest BCUT2D eigenvalue weighted by molar-refractivity contribution is -0.440. The van der Waals surface area contributed by atoms with Crippen LogP contribution in [0.2, 0.25) is 0 Å². The van der Waals surface area contributed by atoms with Gasteiger partial charge in [0.2, 0.25) is 0 Å². The second-order valence-corrected chi connectivity index (χ2v) is 8.42. The van der Waals surface area contributed by atoms with Gasteiger partial charge in [0.05, 0.1) is 24.2 Å². The standard InChI is InChI=1S/C25H17F13O5/c1-2-12-41-16-7-3-15(4-8-16)19(40)43-17-9-5-14(6-10-17)18(39)42-13-11-20(26,27)21(28,29)22(30,31)23(32,33)24(34,35)25(36,37)38/h2-10H,1,11-13H2. The molecule has 0 radical (unpaired) electrons. The number of carbonyl (C=O) groups is 2. The van der Waals surface area contributed by atoms with Gasteiger partial charge in [-0.2, -0.15) is 57.1 Å². The predicted octanol–water partition coefficient (Wildman–Crippen LogP) is 7.76. The molecule has 18 heteroatoms. The minimum atomic E-state index is -8.02. The van der Waals surface area contributed by atoms with E-state index in [1.807, 2.05) is 0 Å². The van der Waals surface area contributed by atoms with Crippen molar-refractivity contribution >= 4 is 11.9 Å². The first-order chi connectivity index (χ1) is 19.5. The molecular formula is C25H17F13O5. The minimum Gasteiger partial charge on any atom is -0.490 e. The topological polar surface area (TPSA) is 61.8 Å². The van der Waals surface area contributed by atoms with Crippen molar-refractivity contribution in [2.24, 2.45) is 0 Å². The quantitative estimate of drug-likeness (QED) is 0.0966. The summed E-state index contributed by atoms with van der Waals surface area (Å²) in [4.78, 5) is 24.2. The molecule has 0 saturated heterocycles. The first-order valence-corrected chi connectivity index (χ1v) is 11.3. The first-order valence-electron chi connectivity index (χ1n) is 11.3. The highest BCUT2D eigenvalue weighted by Gasteiger charge is 2.90. The molecule has 238 valence electrons. The van der Waals surface area contributed by atoms with Gasteiger partial charge in [0.15, 0.2) is 0 Å². The van der Waals surface area contributed by atoms with Gasteiger partial charge in [-0.15, -0.1) is 0 Å². The van der Waals surface area contributed by atoms with Crippen molar-refractivity contribution in [3.63, 3.8) is 0 Å². The van der Waals surface area contributed by atoms with Crippen LogP contribution in [-0.4, -0.2) is 60.9 Å². The SMILES string of the molecule is C=CCOc1ccc(C(=O)Oc2ccc(C(=O)OCCC(F)(F)C(F)(F)C(F)(F)C(F)(F)C(F)(F)C(F)(F)F)cc2)cc1. The smallest absolute Gasteiger partial charge is 0.460 e. The lowest BCUT2D eigenvalue weighted by atomic mass is 9.93. The lowest BCUT2D eigenvalue weighted by Gasteiger charge is -2.39. The van der Waals surface area contributed by atoms with Crippen LogP contribution in [-0.2, 0) is 4.74 Å². The van der Waals surface area contributed by atoms with Crippen molar-refractivity contribution in [2.45, 2.75) is 42.2 Å². The largest absolute Gasteiger partial charge is 0.490 e. The molecule has 0 amide bonds. The summed E-state index contributed by atoms with van der Waals surface area (Å²) in [6.07, 6.45) is -8.72. The Morgan fingerprint density at radius 1 is 0.628 bits per heavy atom. The van der Waals surface area contributed by atoms with Crippen LogP contribution in [0.3, 0.4) is 0 Å². The van der Waals surface area contributed by atoms with Gasteiger partial charge in [0, 0.05) is 0 Å². The monoisotopic (exact) mass is 644 g/mol. The number of hydrogen-bond donors (Lipinski definition) is 0. The van der Waals surface area contributed by atoms with E-state index in [1.165, 1.54) is 30.3 Å². The van der Waals surface area contributed by atoms with Crippen LogP contribution < -0.4 is 9.47 Å². The fraction of sp³-hybridized carbons (Fsp3) is 0.360. The molecule has 2 aromatic carbocycles. The number of benzene rings is 2. The van der Waals surface area contributed by atoms with Gasteiger partial charge in [-0.25, -0.2) is 9.59 Å². The third kappa shape index (κ3) is 6.98. The van der Waals surface area contributed by atoms with E-state index in [9.17, 15) is 66.7 Å². The van der Waals surface area contributed by atoms with Crippen LogP contribution in [0.1, 0.15) is 27.1 Å². The molecule has 2 aromatic rings. The lowest BCUT2D eigenvalue weighted by Crippen LogP contribution is -2.70. The normalized spacial score (nSPS) is 13.3. The van der Waals surface area contributed by atoms with Crippen molar-refractivity contribution in [3.05, 3.63) is 72.3 Å². The first kappa shape index (κ1) is 35.2. The Balaban J connectivity index is 2.03. The van der Waals surface area contributed by atoms with Crippen LogP contribution in [0.25, 0.3) is 0 Å². The summed E-state index contributed by atoms with van der Waals surface area (Å²) in [6.45, 7) is 1.77. The molecule has 2 rings (SSSR count). The van der Waals surface area contributed by atoms with E-state index < -0.39 is 66.3 Å². The number of esters is 2. The van der Waals surface area contributed by atoms with Crippen molar-refractivity contribution < 1.29 is 80.9 Å². The third-order valence-electron chi connectivity index (χ3n) is 5.41. The maximum absolute atomic E-state index is 13.8. The number of ether oxygens (including phenoxy) is 3. The molecule has 0 aliphatic rings. The minimum absolute atomic E-state index is 0.0673. The fourth-order valence-electron chi connectivity index (χ4n) is 2.98. The van der Waals surface area contributed by atoms with Gasteiger partial charge in [0.1, 0.15) is 18.1 Å². The maximum atomic E-state index is 13.8. The molecule has 0 aliphatic carbocycles. The Kier molecular flexibility index (Phi) is 10.1. The van der Waals surface area contributed by atoms with E-state index in [0.29, 0.717) is 5.75 Å². The summed E-state index contributed by atoms with van der Waals surface area (Å²) >= 11 is 0. The molecule has 43 heavy (non-hydrogen) atoms. The van der Waals surface area contributed by atoms with E-state index in [1.54, 1.807) is 0 Å². The van der Waals surface area contributed by atoms with E-state index in [-0.39, 0.29) is 17.9 Å². The summed E-state index contributed by atoms with van der Waals surface area (Å²) in [5, 5.41) is 0. The number of alkyl halides is 13. The number of rotatable bonds is 13. The highest BCUT2D eigenvalue weighted by Crippen LogP contribution is 2.60. The molecule has 0 spiro atoms. The van der Waals surface area contributed by atoms with Crippen molar-refractivity contribution in [1.29, 1.82) is 0 Å². The second kappa shape index (κ2) is 12.3. The van der Waals surface area contributed by atoms with Gasteiger partial charge in [-0.3, -0.25) is 0 Å². The number of hydrogen-bond acceptors (Lipinski definition) is 5. The maximum Gasteiger partial charge on any atom is 0.460 e. The van der Waals surface area contributed by atoms with Crippen LogP contribution >= 0.6 is 0 Å². The zero-order valence-electron chi connectivity index (χ0n) is 21.0. The molecule has 5 nitrogen and oxygen atoms in total. The summed E-state index contributed by atoms with van der Waals surface area (Å²) < 4.78 is 185. The fourth-order valence-corrected chi connectivity index (χ4v) is 2.98. The summed E-state index contributed by atoms with van der Waals surface area (Å²) in [5.41, 5.74) is -0.446. The summed E-state index contributed by atoms with van der Waals surface area (Å²) in [5.74, 6) is -39.8. The Bertz CT molecular complexity index is 1290. The molecule has 0 saturated carbocycles. The third-order valence-corrected chi connectivity index (χ3v) is 5.41. The summed E-state index contributed by atoms with van der Waals surface area (Å²) in [6, 6.07) is 9.32. The molecule has 0 atom stereocenters. The van der Waals surface area contributed by atoms with Crippen LogP contribution in [0.5, 0.6) is 11.5 Å². The zero-order chi connectivity index (χ0) is 33.1. The Hall–Kier alpha value is -3.99. The van der Waals surface area contributed by atoms with Gasteiger partial charge in [-0.05, 0) is 48.5 Å². The molecule has 0 heterocycles. The molecule has 0 unspecified atom stereocenters. The molecule has 0 bridgehead atoms. The number of carbonyl (C=O) groups excluding carboxylic acids is 2. The van der Waals surface area contributed by atoms with Crippen molar-refractivity contribution in [2.75, 3.05) is 13.2 Å². The molecule has 0 aromatic heterocycles. The van der Waals surface area contributed by atoms with Crippen LogP contribution in [0, 0.1) is 0 Å². The van der Waals surface area contributed by atoms with Crippen molar-refractivity contribution in [3.8, 4) is 11.5 Å². The van der Waals surface area contributed by atoms with Gasteiger partial charge in [-0.1, -0.05) is 12.7 Å². The zero-order valence-corrected chi connectivity index (χ0v) is 21.0. The molecule has 0 fully saturated rings. The Morgan fingerprint density at radius 3 is 1.53 bits per heavy atom. The highest BCUT2D eigenvalue weighted by molar-refractivity contribution is 5.92. The average molecular weight is 644 g/mol. The van der Waals surface area contributed by atoms with E-state index in [0.717, 1.165) is 24.3 Å². The Labute approximate surface area is 232 Å². The van der Waals surface area contributed by atoms with E-state index in [4.69, 9.17) is 9.47 Å². The average Bonchev–Trinajstić information content (AvgIpc) is 2.91. The summed E-state index contributed by atoms with van der Waals surface area (Å²) in [7, 11) is 0. The van der Waals surface area contributed by atoms with Gasteiger partial charge in [0.25, 0.3) is 0 Å². The second-order valence-electron chi connectivity index (χ2n) is 8.42. The van der Waals surface area contributed by atoms with Crippen LogP contribution in [0.15, 0.2) is 61.2 Å².